The smallest absolute Gasteiger partial charge is 0.416 e. The highest BCUT2D eigenvalue weighted by molar-refractivity contribution is 5.50. The van der Waals surface area contributed by atoms with Gasteiger partial charge in [0, 0.05) is 23.9 Å². The van der Waals surface area contributed by atoms with Gasteiger partial charge in [0.2, 0.25) is 0 Å². The predicted octanol–water partition coefficient (Wildman–Crippen LogP) is 6.81. The van der Waals surface area contributed by atoms with Crippen molar-refractivity contribution in [1.29, 1.82) is 0 Å². The SMILES string of the molecule is CCc1cccc(Oc2cccc(NCc3ccc(C(F)(F)F)cc3F)c2)c1. The first-order valence-electron chi connectivity index (χ1n) is 8.81. The van der Waals surface area contributed by atoms with Crippen LogP contribution in [0, 0.1) is 5.82 Å². The van der Waals surface area contributed by atoms with Crippen molar-refractivity contribution in [1.82, 2.24) is 0 Å². The van der Waals surface area contributed by atoms with Crippen molar-refractivity contribution < 1.29 is 22.3 Å². The molecule has 2 nitrogen and oxygen atoms in total. The summed E-state index contributed by atoms with van der Waals surface area (Å²) < 4.78 is 57.7. The van der Waals surface area contributed by atoms with Gasteiger partial charge in [-0.15, -0.1) is 0 Å². The van der Waals surface area contributed by atoms with Crippen LogP contribution >= 0.6 is 0 Å². The van der Waals surface area contributed by atoms with Crippen molar-refractivity contribution in [2.45, 2.75) is 26.1 Å². The summed E-state index contributed by atoms with van der Waals surface area (Å²) in [5.41, 5.74) is 0.974. The molecule has 0 saturated heterocycles. The lowest BCUT2D eigenvalue weighted by Gasteiger charge is -2.12. The maximum atomic E-state index is 14.0. The van der Waals surface area contributed by atoms with Crippen LogP contribution in [0.4, 0.5) is 23.2 Å². The fourth-order valence-electron chi connectivity index (χ4n) is 2.70. The van der Waals surface area contributed by atoms with E-state index in [2.05, 4.69) is 12.2 Å². The molecular weight excluding hydrogens is 370 g/mol. The van der Waals surface area contributed by atoms with E-state index in [1.807, 2.05) is 24.3 Å². The number of hydrogen-bond acceptors (Lipinski definition) is 2. The van der Waals surface area contributed by atoms with Crippen LogP contribution < -0.4 is 10.1 Å². The maximum Gasteiger partial charge on any atom is 0.416 e. The van der Waals surface area contributed by atoms with Crippen LogP contribution in [0.5, 0.6) is 11.5 Å². The number of ether oxygens (including phenoxy) is 1. The van der Waals surface area contributed by atoms with Gasteiger partial charge < -0.3 is 10.1 Å². The lowest BCUT2D eigenvalue weighted by molar-refractivity contribution is -0.137. The molecule has 0 saturated carbocycles. The number of halogens is 4. The van der Waals surface area contributed by atoms with Gasteiger partial charge >= 0.3 is 6.18 Å². The standard InChI is InChI=1S/C22H19F4NO/c1-2-15-5-3-7-19(11-15)28-20-8-4-6-18(13-20)27-14-16-9-10-17(12-21(16)23)22(24,25)26/h3-13,27H,2,14H2,1H3. The largest absolute Gasteiger partial charge is 0.457 e. The Labute approximate surface area is 160 Å². The molecule has 6 heteroatoms. The summed E-state index contributed by atoms with van der Waals surface area (Å²) >= 11 is 0. The molecule has 146 valence electrons. The van der Waals surface area contributed by atoms with Crippen molar-refractivity contribution in [2.75, 3.05) is 5.32 Å². The highest BCUT2D eigenvalue weighted by Gasteiger charge is 2.31. The average Bonchev–Trinajstić information content (AvgIpc) is 2.67. The number of nitrogens with one attached hydrogen (secondary N) is 1. The van der Waals surface area contributed by atoms with Crippen LogP contribution in [0.1, 0.15) is 23.6 Å². The van der Waals surface area contributed by atoms with Crippen LogP contribution in [0.3, 0.4) is 0 Å². The Balaban J connectivity index is 1.68. The average molecular weight is 389 g/mol. The highest BCUT2D eigenvalue weighted by atomic mass is 19.4. The van der Waals surface area contributed by atoms with Crippen LogP contribution in [0.25, 0.3) is 0 Å². The van der Waals surface area contributed by atoms with E-state index in [0.717, 1.165) is 24.1 Å². The summed E-state index contributed by atoms with van der Waals surface area (Å²) in [6, 6.07) is 17.4. The van der Waals surface area contributed by atoms with E-state index < -0.39 is 17.6 Å². The number of rotatable bonds is 6. The fourth-order valence-corrected chi connectivity index (χ4v) is 2.70. The van der Waals surface area contributed by atoms with E-state index in [4.69, 9.17) is 4.74 Å². The molecule has 3 aromatic carbocycles. The molecular formula is C22H19F4NO. The molecule has 0 aliphatic rings. The molecule has 3 rings (SSSR count). The Kier molecular flexibility index (Phi) is 5.87. The first-order chi connectivity index (χ1) is 13.3. The van der Waals surface area contributed by atoms with Gasteiger partial charge in [0.1, 0.15) is 17.3 Å². The topological polar surface area (TPSA) is 21.3 Å². The second-order valence-electron chi connectivity index (χ2n) is 6.29. The summed E-state index contributed by atoms with van der Waals surface area (Å²) in [4.78, 5) is 0. The van der Waals surface area contributed by atoms with Gasteiger partial charge in [0.25, 0.3) is 0 Å². The number of benzene rings is 3. The molecule has 0 heterocycles. The second kappa shape index (κ2) is 8.33. The molecule has 0 aliphatic heterocycles. The minimum atomic E-state index is -4.56. The third-order valence-corrected chi connectivity index (χ3v) is 4.24. The minimum absolute atomic E-state index is 0.0543. The van der Waals surface area contributed by atoms with Gasteiger partial charge in [-0.2, -0.15) is 13.2 Å². The Morgan fingerprint density at radius 2 is 1.61 bits per heavy atom. The minimum Gasteiger partial charge on any atom is -0.457 e. The monoisotopic (exact) mass is 389 g/mol. The summed E-state index contributed by atoms with van der Waals surface area (Å²) in [6.45, 7) is 2.11. The fraction of sp³-hybridized carbons (Fsp3) is 0.182. The van der Waals surface area contributed by atoms with Gasteiger partial charge in [-0.3, -0.25) is 0 Å². The van der Waals surface area contributed by atoms with Crippen molar-refractivity contribution >= 4 is 5.69 Å². The van der Waals surface area contributed by atoms with Crippen LogP contribution in [0.15, 0.2) is 66.7 Å². The van der Waals surface area contributed by atoms with Gasteiger partial charge in [0.15, 0.2) is 0 Å². The van der Waals surface area contributed by atoms with Crippen LogP contribution in [0.2, 0.25) is 0 Å². The first kappa shape index (κ1) is 19.7. The zero-order valence-electron chi connectivity index (χ0n) is 15.2. The zero-order valence-corrected chi connectivity index (χ0v) is 15.2. The molecule has 0 aliphatic carbocycles. The first-order valence-corrected chi connectivity index (χ1v) is 8.81. The summed E-state index contributed by atoms with van der Waals surface area (Å²) in [6.07, 6.45) is -3.66. The molecule has 0 spiro atoms. The van der Waals surface area contributed by atoms with Crippen LogP contribution in [-0.4, -0.2) is 0 Å². The molecule has 0 bridgehead atoms. The second-order valence-corrected chi connectivity index (χ2v) is 6.29. The number of hydrogen-bond donors (Lipinski definition) is 1. The third-order valence-electron chi connectivity index (χ3n) is 4.24. The molecule has 0 atom stereocenters. The van der Waals surface area contributed by atoms with E-state index in [0.29, 0.717) is 23.3 Å². The lowest BCUT2D eigenvalue weighted by Crippen LogP contribution is -2.08. The van der Waals surface area contributed by atoms with E-state index in [1.165, 1.54) is 0 Å². The number of anilines is 1. The van der Waals surface area contributed by atoms with E-state index >= 15 is 0 Å². The molecule has 0 radical (unpaired) electrons. The quantitative estimate of drug-likeness (QED) is 0.468. The van der Waals surface area contributed by atoms with E-state index in [9.17, 15) is 17.6 Å². The normalized spacial score (nSPS) is 11.3. The van der Waals surface area contributed by atoms with Gasteiger partial charge in [-0.25, -0.2) is 4.39 Å². The van der Waals surface area contributed by atoms with Crippen molar-refractivity contribution in [3.05, 3.63) is 89.2 Å². The number of alkyl halides is 3. The Morgan fingerprint density at radius 1 is 0.893 bits per heavy atom. The van der Waals surface area contributed by atoms with Crippen LogP contribution in [-0.2, 0) is 19.1 Å². The molecule has 0 fully saturated rings. The van der Waals surface area contributed by atoms with Gasteiger partial charge in [-0.05, 0) is 48.4 Å². The molecule has 0 amide bonds. The summed E-state index contributed by atoms with van der Waals surface area (Å²) in [5.74, 6) is 0.419. The molecule has 1 N–H and O–H groups in total. The Bertz CT molecular complexity index is 953. The van der Waals surface area contributed by atoms with Crippen molar-refractivity contribution in [3.8, 4) is 11.5 Å². The molecule has 28 heavy (non-hydrogen) atoms. The molecule has 0 unspecified atom stereocenters. The van der Waals surface area contributed by atoms with Crippen molar-refractivity contribution in [2.24, 2.45) is 0 Å². The Morgan fingerprint density at radius 3 is 2.29 bits per heavy atom. The predicted molar refractivity (Wildman–Crippen MR) is 101 cm³/mol. The van der Waals surface area contributed by atoms with Gasteiger partial charge in [0.05, 0.1) is 5.56 Å². The highest BCUT2D eigenvalue weighted by Crippen LogP contribution is 2.30. The maximum absolute atomic E-state index is 14.0. The Hall–Kier alpha value is -3.02. The van der Waals surface area contributed by atoms with Gasteiger partial charge in [-0.1, -0.05) is 31.2 Å². The third kappa shape index (κ3) is 5.03. The molecule has 0 aromatic heterocycles. The van der Waals surface area contributed by atoms with Crippen molar-refractivity contribution in [3.63, 3.8) is 0 Å². The summed E-state index contributed by atoms with van der Waals surface area (Å²) in [7, 11) is 0. The van der Waals surface area contributed by atoms with E-state index in [-0.39, 0.29) is 12.1 Å². The lowest BCUT2D eigenvalue weighted by atomic mass is 10.1. The molecule has 3 aromatic rings. The summed E-state index contributed by atoms with van der Waals surface area (Å²) in [5, 5.41) is 3.01. The zero-order chi connectivity index (χ0) is 20.1. The van der Waals surface area contributed by atoms with E-state index in [1.54, 1.807) is 24.3 Å². The number of aryl methyl sites for hydroxylation is 1.